The minimum absolute atomic E-state index is 0.0588. The predicted molar refractivity (Wildman–Crippen MR) is 105 cm³/mol. The lowest BCUT2D eigenvalue weighted by Gasteiger charge is -2.55. The number of piperazine rings is 1. The van der Waals surface area contributed by atoms with Gasteiger partial charge in [0.15, 0.2) is 11.1 Å². The molecular formula is C20H23N5O4. The number of phenols is 1. The molecule has 0 aliphatic carbocycles. The monoisotopic (exact) mass is 397 g/mol. The molecule has 29 heavy (non-hydrogen) atoms. The van der Waals surface area contributed by atoms with Gasteiger partial charge in [0.1, 0.15) is 17.0 Å². The topological polar surface area (TPSA) is 96.9 Å². The Bertz CT molecular complexity index is 1060. The van der Waals surface area contributed by atoms with Crippen LogP contribution in [0.1, 0.15) is 27.2 Å². The van der Waals surface area contributed by atoms with Crippen molar-refractivity contribution in [2.75, 3.05) is 18.0 Å². The van der Waals surface area contributed by atoms with Crippen LogP contribution in [0.4, 0.5) is 10.8 Å². The van der Waals surface area contributed by atoms with Crippen LogP contribution in [-0.2, 0) is 4.74 Å². The van der Waals surface area contributed by atoms with E-state index in [0.717, 1.165) is 6.42 Å². The second kappa shape index (κ2) is 6.13. The van der Waals surface area contributed by atoms with E-state index < -0.39 is 5.60 Å². The average Bonchev–Trinajstić information content (AvgIpc) is 3.31. The third-order valence-corrected chi connectivity index (χ3v) is 5.31. The summed E-state index contributed by atoms with van der Waals surface area (Å²) in [6, 6.07) is 5.73. The highest BCUT2D eigenvalue weighted by Gasteiger charge is 2.49. The van der Waals surface area contributed by atoms with Crippen molar-refractivity contribution in [2.24, 2.45) is 0 Å². The molecule has 2 atom stereocenters. The first-order chi connectivity index (χ1) is 13.8. The van der Waals surface area contributed by atoms with Gasteiger partial charge in [0.05, 0.1) is 12.1 Å². The number of oxazole rings is 1. The number of piperidine rings is 1. The largest absolute Gasteiger partial charge is 0.506 e. The maximum atomic E-state index is 12.5. The van der Waals surface area contributed by atoms with Gasteiger partial charge in [0.2, 0.25) is 0 Å². The lowest BCUT2D eigenvalue weighted by Crippen LogP contribution is -2.70. The van der Waals surface area contributed by atoms with Gasteiger partial charge in [-0.3, -0.25) is 4.90 Å². The molecule has 2 bridgehead atoms. The molecule has 3 aromatic rings. The molecular weight excluding hydrogens is 374 g/mol. The van der Waals surface area contributed by atoms with E-state index in [-0.39, 0.29) is 23.9 Å². The summed E-state index contributed by atoms with van der Waals surface area (Å²) in [4.78, 5) is 20.8. The van der Waals surface area contributed by atoms with Crippen molar-refractivity contribution in [1.29, 1.82) is 0 Å². The summed E-state index contributed by atoms with van der Waals surface area (Å²) in [5.41, 5.74) is 1.07. The maximum Gasteiger partial charge on any atom is 0.410 e. The van der Waals surface area contributed by atoms with Gasteiger partial charge in [-0.2, -0.15) is 10.1 Å². The summed E-state index contributed by atoms with van der Waals surface area (Å²) in [5.74, 6) is 0.0588. The molecule has 0 spiro atoms. The number of hydrogen-bond acceptors (Lipinski definition) is 7. The number of anilines is 1. The molecule has 3 aliphatic heterocycles. The number of hydrogen-bond donors (Lipinski definition) is 1. The number of rotatable bonds is 2. The molecule has 3 fully saturated rings. The molecule has 1 aromatic carbocycles. The van der Waals surface area contributed by atoms with Crippen molar-refractivity contribution in [3.63, 3.8) is 0 Å². The van der Waals surface area contributed by atoms with E-state index >= 15 is 0 Å². The molecule has 0 radical (unpaired) electrons. The van der Waals surface area contributed by atoms with Crippen molar-refractivity contribution in [1.82, 2.24) is 19.7 Å². The Morgan fingerprint density at radius 1 is 1.28 bits per heavy atom. The Hall–Kier alpha value is -3.23. The van der Waals surface area contributed by atoms with Crippen LogP contribution in [0.3, 0.4) is 0 Å². The van der Waals surface area contributed by atoms with Gasteiger partial charge >= 0.3 is 6.09 Å². The van der Waals surface area contributed by atoms with E-state index in [1.54, 1.807) is 23.0 Å². The Labute approximate surface area is 167 Å². The zero-order chi connectivity index (χ0) is 20.3. The molecule has 9 heteroatoms. The predicted octanol–water partition coefficient (Wildman–Crippen LogP) is 2.92. The van der Waals surface area contributed by atoms with E-state index in [4.69, 9.17) is 9.15 Å². The van der Waals surface area contributed by atoms with Crippen molar-refractivity contribution in [3.8, 4) is 11.4 Å². The molecule has 0 saturated carbocycles. The van der Waals surface area contributed by atoms with Crippen LogP contribution in [0.5, 0.6) is 5.75 Å². The summed E-state index contributed by atoms with van der Waals surface area (Å²) in [7, 11) is 0. The third kappa shape index (κ3) is 2.97. The second-order valence-electron chi connectivity index (χ2n) is 8.56. The van der Waals surface area contributed by atoms with E-state index in [1.165, 1.54) is 0 Å². The first-order valence-electron chi connectivity index (χ1n) is 9.69. The fraction of sp³-hybridized carbons (Fsp3) is 0.450. The van der Waals surface area contributed by atoms with Crippen LogP contribution < -0.4 is 4.90 Å². The summed E-state index contributed by atoms with van der Waals surface area (Å²) in [6.45, 7) is 6.83. The molecule has 1 N–H and O–H groups in total. The van der Waals surface area contributed by atoms with Crippen LogP contribution in [0.15, 0.2) is 35.0 Å². The zero-order valence-corrected chi connectivity index (χ0v) is 16.6. The average molecular weight is 397 g/mol. The second-order valence-corrected chi connectivity index (χ2v) is 8.56. The van der Waals surface area contributed by atoms with E-state index in [0.29, 0.717) is 35.9 Å². The first kappa shape index (κ1) is 17.8. The van der Waals surface area contributed by atoms with Gasteiger partial charge in [0, 0.05) is 25.5 Å². The fourth-order valence-electron chi connectivity index (χ4n) is 4.07. The summed E-state index contributed by atoms with van der Waals surface area (Å²) in [5, 5.41) is 14.5. The highest BCUT2D eigenvalue weighted by molar-refractivity contribution is 5.88. The normalized spacial score (nSPS) is 21.3. The van der Waals surface area contributed by atoms with E-state index in [9.17, 15) is 9.90 Å². The molecule has 2 aromatic heterocycles. The van der Waals surface area contributed by atoms with Crippen molar-refractivity contribution >= 4 is 23.2 Å². The third-order valence-electron chi connectivity index (χ3n) is 5.31. The smallest absolute Gasteiger partial charge is 0.410 e. The van der Waals surface area contributed by atoms with Gasteiger partial charge in [-0.15, -0.1) is 0 Å². The van der Waals surface area contributed by atoms with Crippen LogP contribution in [0.2, 0.25) is 0 Å². The number of fused-ring (bicyclic) bond motifs is 3. The van der Waals surface area contributed by atoms with Gasteiger partial charge < -0.3 is 19.2 Å². The highest BCUT2D eigenvalue weighted by Crippen LogP contribution is 2.38. The molecule has 2 unspecified atom stereocenters. The lowest BCUT2D eigenvalue weighted by atomic mass is 9.88. The Balaban J connectivity index is 1.40. The minimum atomic E-state index is -0.513. The number of carbonyl (C=O) groups is 1. The molecule has 9 nitrogen and oxygen atoms in total. The number of nitrogens with zero attached hydrogens (tertiary/aromatic N) is 5. The van der Waals surface area contributed by atoms with E-state index in [1.807, 2.05) is 42.8 Å². The number of aromatic hydroxyl groups is 1. The minimum Gasteiger partial charge on any atom is -0.506 e. The van der Waals surface area contributed by atoms with Gasteiger partial charge in [-0.25, -0.2) is 9.48 Å². The van der Waals surface area contributed by atoms with Crippen LogP contribution in [-0.4, -0.2) is 61.6 Å². The number of aromatic nitrogens is 3. The standard InChI is InChI=1S/C20H23N5O4/c1-20(2,3)29-19(27)25-12-9-13(25)11-23(10-12)18-22-16-15(26)6-5-14(17(16)28-18)24-8-4-7-21-24/h4-8,12-13,26H,9-11H2,1-3H3. The molecule has 152 valence electrons. The number of ether oxygens (including phenoxy) is 1. The van der Waals surface area contributed by atoms with Gasteiger partial charge in [-0.05, 0) is 45.4 Å². The summed E-state index contributed by atoms with van der Waals surface area (Å²) in [6.07, 6.45) is 4.16. The molecule has 1 amide bonds. The van der Waals surface area contributed by atoms with Crippen molar-refractivity contribution in [2.45, 2.75) is 44.9 Å². The highest BCUT2D eigenvalue weighted by atomic mass is 16.6. The SMILES string of the molecule is CC(C)(C)OC(=O)N1C2CC1CN(c1nc3c(O)ccc(-n4cccn4)c3o1)C2. The van der Waals surface area contributed by atoms with E-state index in [2.05, 4.69) is 10.1 Å². The summed E-state index contributed by atoms with van der Waals surface area (Å²) >= 11 is 0. The Morgan fingerprint density at radius 2 is 2.03 bits per heavy atom. The number of benzene rings is 1. The molecule has 6 rings (SSSR count). The van der Waals surface area contributed by atoms with Crippen LogP contribution in [0.25, 0.3) is 16.8 Å². The molecule has 3 saturated heterocycles. The van der Waals surface area contributed by atoms with Crippen LogP contribution in [0, 0.1) is 0 Å². The molecule has 5 heterocycles. The summed E-state index contributed by atoms with van der Waals surface area (Å²) < 4.78 is 13.2. The first-order valence-corrected chi connectivity index (χ1v) is 9.69. The van der Waals surface area contributed by atoms with Crippen molar-refractivity contribution in [3.05, 3.63) is 30.6 Å². The number of amides is 1. The zero-order valence-electron chi connectivity index (χ0n) is 16.6. The Morgan fingerprint density at radius 3 is 2.69 bits per heavy atom. The van der Waals surface area contributed by atoms with Gasteiger partial charge in [0.25, 0.3) is 6.01 Å². The lowest BCUT2D eigenvalue weighted by molar-refractivity contribution is -0.0386. The maximum absolute atomic E-state index is 12.5. The quantitative estimate of drug-likeness (QED) is 0.710. The van der Waals surface area contributed by atoms with Crippen LogP contribution >= 0.6 is 0 Å². The molecule has 3 aliphatic rings. The number of carbonyl (C=O) groups excluding carboxylic acids is 1. The van der Waals surface area contributed by atoms with Crippen molar-refractivity contribution < 1.29 is 19.1 Å². The van der Waals surface area contributed by atoms with Gasteiger partial charge in [-0.1, -0.05) is 0 Å². The fourth-order valence-corrected chi connectivity index (χ4v) is 4.07. The number of phenolic OH excluding ortho intramolecular Hbond substituents is 1. The Kier molecular flexibility index (Phi) is 3.77.